The molecule has 0 N–H and O–H groups in total. The molecule has 0 bridgehead atoms. The minimum absolute atomic E-state index is 0.539. The third-order valence-corrected chi connectivity index (χ3v) is 13.2. The standard InChI is InChI=1S/C63H41N5/c1-6-20-42(21-7-1)47-34-35-51(45-26-12-4-13-27-45)58(41-47)67-56-32-18-16-30-52(56)54-36-37-55-53-31-17-19-33-57(53)68(60(55)59(54)67)63-65-61(46-28-14-5-15-29-46)64-62(66-63)50-39-48(43-22-8-2-9-23-43)38-49(40-50)44-24-10-3-11-25-44/h1-41H. The first-order valence-corrected chi connectivity index (χ1v) is 23.0. The molecule has 13 aromatic rings. The van der Waals surface area contributed by atoms with E-state index in [0.29, 0.717) is 17.6 Å². The summed E-state index contributed by atoms with van der Waals surface area (Å²) >= 11 is 0. The van der Waals surface area contributed by atoms with Gasteiger partial charge in [0.2, 0.25) is 5.95 Å². The summed E-state index contributed by atoms with van der Waals surface area (Å²) in [6.07, 6.45) is 0. The first kappa shape index (κ1) is 39.2. The quantitative estimate of drug-likeness (QED) is 0.153. The lowest BCUT2D eigenvalue weighted by Gasteiger charge is -2.17. The minimum Gasteiger partial charge on any atom is -0.307 e. The van der Waals surface area contributed by atoms with Crippen LogP contribution in [0.4, 0.5) is 0 Å². The Bertz CT molecular complexity index is 3930. The number of para-hydroxylation sites is 2. The number of fused-ring (bicyclic) bond motifs is 7. The van der Waals surface area contributed by atoms with Gasteiger partial charge >= 0.3 is 0 Å². The lowest BCUT2D eigenvalue weighted by molar-refractivity contribution is 0.953. The van der Waals surface area contributed by atoms with Gasteiger partial charge < -0.3 is 4.57 Å². The fourth-order valence-corrected chi connectivity index (χ4v) is 10.0. The molecule has 0 aliphatic rings. The molecule has 10 aromatic carbocycles. The summed E-state index contributed by atoms with van der Waals surface area (Å²) in [5.41, 5.74) is 16.1. The van der Waals surface area contributed by atoms with Gasteiger partial charge in [-0.2, -0.15) is 9.97 Å². The third-order valence-electron chi connectivity index (χ3n) is 13.2. The van der Waals surface area contributed by atoms with Crippen molar-refractivity contribution in [3.8, 4) is 78.9 Å². The van der Waals surface area contributed by atoms with Crippen LogP contribution in [0.3, 0.4) is 0 Å². The Hall–Kier alpha value is -9.19. The van der Waals surface area contributed by atoms with E-state index in [9.17, 15) is 0 Å². The molecule has 318 valence electrons. The maximum absolute atomic E-state index is 5.56. The summed E-state index contributed by atoms with van der Waals surface area (Å²) in [6, 6.07) is 88.3. The van der Waals surface area contributed by atoms with Crippen LogP contribution < -0.4 is 0 Å². The molecule has 3 aromatic heterocycles. The van der Waals surface area contributed by atoms with Crippen molar-refractivity contribution < 1.29 is 0 Å². The zero-order valence-electron chi connectivity index (χ0n) is 36.9. The Labute approximate surface area is 393 Å². The van der Waals surface area contributed by atoms with Gasteiger partial charge in [-0.15, -0.1) is 0 Å². The Kier molecular flexibility index (Phi) is 9.43. The fourth-order valence-electron chi connectivity index (χ4n) is 10.0. The molecule has 68 heavy (non-hydrogen) atoms. The highest BCUT2D eigenvalue weighted by molar-refractivity contribution is 6.24. The van der Waals surface area contributed by atoms with Crippen LogP contribution in [0.15, 0.2) is 249 Å². The van der Waals surface area contributed by atoms with Crippen molar-refractivity contribution in [3.05, 3.63) is 249 Å². The number of hydrogen-bond acceptors (Lipinski definition) is 3. The maximum atomic E-state index is 5.56. The fraction of sp³-hybridized carbons (Fsp3) is 0. The lowest BCUT2D eigenvalue weighted by atomic mass is 9.96. The van der Waals surface area contributed by atoms with Gasteiger partial charge in [-0.3, -0.25) is 4.57 Å². The van der Waals surface area contributed by atoms with Crippen LogP contribution in [-0.4, -0.2) is 24.1 Å². The smallest absolute Gasteiger partial charge is 0.238 e. The number of aromatic nitrogens is 5. The van der Waals surface area contributed by atoms with Crippen molar-refractivity contribution in [2.75, 3.05) is 0 Å². The van der Waals surface area contributed by atoms with E-state index in [-0.39, 0.29) is 0 Å². The monoisotopic (exact) mass is 867 g/mol. The summed E-state index contributed by atoms with van der Waals surface area (Å²) in [5, 5.41) is 4.53. The highest BCUT2D eigenvalue weighted by Crippen LogP contribution is 2.44. The number of nitrogens with zero attached hydrogens (tertiary/aromatic N) is 5. The average molecular weight is 868 g/mol. The van der Waals surface area contributed by atoms with Crippen molar-refractivity contribution >= 4 is 43.6 Å². The SMILES string of the molecule is c1ccc(-c2cc(-c3ccccc3)cc(-c3nc(-c4ccccc4)nc(-n4c5ccccc5c5ccc6c7ccccc7n(-c7cc(-c8ccccc8)ccc7-c7ccccc7)c6c54)n3)c2)cc1. The van der Waals surface area contributed by atoms with Crippen molar-refractivity contribution in [1.82, 2.24) is 24.1 Å². The molecule has 0 saturated carbocycles. The Morgan fingerprint density at radius 3 is 1.21 bits per heavy atom. The average Bonchev–Trinajstić information content (AvgIpc) is 3.95. The van der Waals surface area contributed by atoms with Gasteiger partial charge in [-0.05, 0) is 75.3 Å². The molecule has 5 heteroatoms. The maximum Gasteiger partial charge on any atom is 0.238 e. The molecule has 0 saturated heterocycles. The predicted octanol–water partition coefficient (Wildman–Crippen LogP) is 16.1. The highest BCUT2D eigenvalue weighted by Gasteiger charge is 2.25. The van der Waals surface area contributed by atoms with Crippen LogP contribution in [0.5, 0.6) is 0 Å². The lowest BCUT2D eigenvalue weighted by Crippen LogP contribution is -2.07. The van der Waals surface area contributed by atoms with Gasteiger partial charge in [0.25, 0.3) is 0 Å². The van der Waals surface area contributed by atoms with Crippen molar-refractivity contribution in [2.24, 2.45) is 0 Å². The van der Waals surface area contributed by atoms with Crippen LogP contribution in [-0.2, 0) is 0 Å². The van der Waals surface area contributed by atoms with Gasteiger partial charge in [-0.1, -0.05) is 212 Å². The number of benzene rings is 10. The summed E-state index contributed by atoms with van der Waals surface area (Å²) in [7, 11) is 0. The second-order valence-electron chi connectivity index (χ2n) is 17.2. The molecule has 0 amide bonds. The van der Waals surface area contributed by atoms with E-state index in [1.807, 2.05) is 18.2 Å². The molecule has 5 nitrogen and oxygen atoms in total. The normalized spacial score (nSPS) is 11.5. The van der Waals surface area contributed by atoms with Crippen LogP contribution in [0.25, 0.3) is 123 Å². The first-order valence-electron chi connectivity index (χ1n) is 23.0. The van der Waals surface area contributed by atoms with E-state index >= 15 is 0 Å². The summed E-state index contributed by atoms with van der Waals surface area (Å²) < 4.78 is 4.76. The molecular formula is C63H41N5. The molecule has 0 aliphatic carbocycles. The molecular weight excluding hydrogens is 827 g/mol. The van der Waals surface area contributed by atoms with Gasteiger partial charge in [0.15, 0.2) is 11.6 Å². The Morgan fingerprint density at radius 1 is 0.250 bits per heavy atom. The molecule has 0 radical (unpaired) electrons. The summed E-state index contributed by atoms with van der Waals surface area (Å²) in [4.78, 5) is 16.3. The van der Waals surface area contributed by atoms with E-state index < -0.39 is 0 Å². The van der Waals surface area contributed by atoms with E-state index in [2.05, 4.69) is 240 Å². The Morgan fingerprint density at radius 2 is 0.662 bits per heavy atom. The largest absolute Gasteiger partial charge is 0.307 e. The number of rotatable bonds is 8. The second-order valence-corrected chi connectivity index (χ2v) is 17.2. The molecule has 3 heterocycles. The molecule has 0 spiro atoms. The van der Waals surface area contributed by atoms with E-state index in [1.165, 1.54) is 0 Å². The summed E-state index contributed by atoms with van der Waals surface area (Å²) in [6.45, 7) is 0. The highest BCUT2D eigenvalue weighted by atomic mass is 15.2. The van der Waals surface area contributed by atoms with Crippen LogP contribution in [0, 0.1) is 0 Å². The first-order chi connectivity index (χ1) is 33.7. The van der Waals surface area contributed by atoms with Gasteiger partial charge in [0, 0.05) is 38.2 Å². The van der Waals surface area contributed by atoms with Crippen molar-refractivity contribution in [3.63, 3.8) is 0 Å². The minimum atomic E-state index is 0.539. The van der Waals surface area contributed by atoms with Crippen LogP contribution >= 0.6 is 0 Å². The Balaban J connectivity index is 1.15. The molecule has 0 unspecified atom stereocenters. The summed E-state index contributed by atoms with van der Waals surface area (Å²) in [5.74, 6) is 1.72. The van der Waals surface area contributed by atoms with Gasteiger partial charge in [0.05, 0.1) is 27.8 Å². The van der Waals surface area contributed by atoms with E-state index in [4.69, 9.17) is 15.0 Å². The van der Waals surface area contributed by atoms with E-state index in [1.54, 1.807) is 0 Å². The molecule has 0 atom stereocenters. The van der Waals surface area contributed by atoms with Crippen molar-refractivity contribution in [2.45, 2.75) is 0 Å². The van der Waals surface area contributed by atoms with Gasteiger partial charge in [0.1, 0.15) is 0 Å². The predicted molar refractivity (Wildman–Crippen MR) is 281 cm³/mol. The molecule has 0 aliphatic heterocycles. The molecule has 0 fully saturated rings. The second kappa shape index (κ2) is 16.4. The van der Waals surface area contributed by atoms with Crippen molar-refractivity contribution in [1.29, 1.82) is 0 Å². The van der Waals surface area contributed by atoms with Crippen LogP contribution in [0.1, 0.15) is 0 Å². The third kappa shape index (κ3) is 6.68. The van der Waals surface area contributed by atoms with Gasteiger partial charge in [-0.25, -0.2) is 4.98 Å². The van der Waals surface area contributed by atoms with Crippen LogP contribution in [0.2, 0.25) is 0 Å². The zero-order valence-corrected chi connectivity index (χ0v) is 36.9. The topological polar surface area (TPSA) is 48.5 Å². The number of hydrogen-bond donors (Lipinski definition) is 0. The zero-order chi connectivity index (χ0) is 45.0. The molecule has 13 rings (SSSR count). The van der Waals surface area contributed by atoms with E-state index in [0.717, 1.165) is 105 Å².